The Bertz CT molecular complexity index is 909. The summed E-state index contributed by atoms with van der Waals surface area (Å²) in [5.74, 6) is 2.76. The van der Waals surface area contributed by atoms with Crippen LogP contribution in [0.25, 0.3) is 0 Å². The largest absolute Gasteiger partial charge is 0.496 e. The van der Waals surface area contributed by atoms with E-state index >= 15 is 0 Å². The zero-order valence-electron chi connectivity index (χ0n) is 19.2. The van der Waals surface area contributed by atoms with Crippen LogP contribution in [0.15, 0.2) is 48.5 Å². The van der Waals surface area contributed by atoms with Crippen LogP contribution in [0.2, 0.25) is 5.02 Å². The summed E-state index contributed by atoms with van der Waals surface area (Å²) in [4.78, 5) is 0. The molecule has 2 nitrogen and oxygen atoms in total. The van der Waals surface area contributed by atoms with E-state index in [-0.39, 0.29) is 0 Å². The molecular formula is C28H36ClNO. The van der Waals surface area contributed by atoms with Crippen LogP contribution in [0, 0.1) is 17.3 Å². The van der Waals surface area contributed by atoms with Crippen molar-refractivity contribution >= 4 is 11.6 Å². The van der Waals surface area contributed by atoms with Gasteiger partial charge in [0.15, 0.2) is 0 Å². The van der Waals surface area contributed by atoms with E-state index in [0.29, 0.717) is 22.9 Å². The highest BCUT2D eigenvalue weighted by Gasteiger charge is 2.59. The molecule has 4 aliphatic rings. The summed E-state index contributed by atoms with van der Waals surface area (Å²) in [5.41, 5.74) is 3.60. The summed E-state index contributed by atoms with van der Waals surface area (Å²) < 4.78 is 5.58. The van der Waals surface area contributed by atoms with Crippen molar-refractivity contribution in [3.63, 3.8) is 0 Å². The lowest BCUT2D eigenvalue weighted by atomic mass is 9.41. The maximum atomic E-state index is 6.22. The van der Waals surface area contributed by atoms with Gasteiger partial charge in [-0.15, -0.1) is 0 Å². The zero-order valence-corrected chi connectivity index (χ0v) is 19.9. The van der Waals surface area contributed by atoms with Gasteiger partial charge in [0.25, 0.3) is 0 Å². The number of methoxy groups -OCH3 is 1. The van der Waals surface area contributed by atoms with Gasteiger partial charge in [-0.1, -0.05) is 41.9 Å². The number of hydrogen-bond donors (Lipinski definition) is 1. The van der Waals surface area contributed by atoms with E-state index in [2.05, 4.69) is 67.7 Å². The Kier molecular flexibility index (Phi) is 5.59. The van der Waals surface area contributed by atoms with Gasteiger partial charge >= 0.3 is 0 Å². The fourth-order valence-electron chi connectivity index (χ4n) is 7.85. The van der Waals surface area contributed by atoms with Crippen molar-refractivity contribution in [1.29, 1.82) is 0 Å². The van der Waals surface area contributed by atoms with Gasteiger partial charge in [0.05, 0.1) is 7.11 Å². The van der Waals surface area contributed by atoms with Crippen LogP contribution in [0.3, 0.4) is 0 Å². The van der Waals surface area contributed by atoms with Crippen molar-refractivity contribution < 1.29 is 4.74 Å². The Morgan fingerprint density at radius 2 is 1.68 bits per heavy atom. The molecule has 1 N–H and O–H groups in total. The van der Waals surface area contributed by atoms with Crippen molar-refractivity contribution in [1.82, 2.24) is 5.32 Å². The smallest absolute Gasteiger partial charge is 0.122 e. The number of para-hydroxylation sites is 1. The van der Waals surface area contributed by atoms with Gasteiger partial charge in [-0.25, -0.2) is 0 Å². The fourth-order valence-corrected chi connectivity index (χ4v) is 7.97. The minimum Gasteiger partial charge on any atom is -0.496 e. The number of ether oxygens (including phenoxy) is 1. The molecule has 31 heavy (non-hydrogen) atoms. The standard InChI is InChI=1S/C28H36ClNO/c1-19(12-23-6-4-5-7-26(23)31-3)30-20(2)27-14-21-13-22(15-27)17-28(16-21,18-27)24-8-10-25(29)11-9-24/h4-11,19-22,30H,12-18H2,1-3H3/t19-,20+,21-,22-,27?,28?/m0/s1. The summed E-state index contributed by atoms with van der Waals surface area (Å²) in [6, 6.07) is 18.2. The minimum absolute atomic E-state index is 0.358. The van der Waals surface area contributed by atoms with Crippen LogP contribution in [-0.2, 0) is 11.8 Å². The lowest BCUT2D eigenvalue weighted by molar-refractivity contribution is -0.0893. The van der Waals surface area contributed by atoms with E-state index in [0.717, 1.165) is 29.0 Å². The van der Waals surface area contributed by atoms with Crippen LogP contribution in [0.4, 0.5) is 0 Å². The predicted molar refractivity (Wildman–Crippen MR) is 129 cm³/mol. The highest BCUT2D eigenvalue weighted by atomic mass is 35.5. The van der Waals surface area contributed by atoms with E-state index < -0.39 is 0 Å². The van der Waals surface area contributed by atoms with Crippen molar-refractivity contribution in [3.8, 4) is 5.75 Å². The van der Waals surface area contributed by atoms with Gasteiger partial charge in [-0.3, -0.25) is 0 Å². The second-order valence-corrected chi connectivity index (χ2v) is 11.4. The molecule has 4 bridgehead atoms. The first kappa shape index (κ1) is 21.3. The molecule has 0 amide bonds. The van der Waals surface area contributed by atoms with Gasteiger partial charge in [0.1, 0.15) is 5.75 Å². The van der Waals surface area contributed by atoms with Crippen molar-refractivity contribution in [2.45, 2.75) is 76.3 Å². The average Bonchev–Trinajstić information content (AvgIpc) is 2.73. The number of rotatable bonds is 7. The third-order valence-corrected chi connectivity index (χ3v) is 8.99. The Morgan fingerprint density at radius 3 is 2.35 bits per heavy atom. The molecule has 2 aromatic rings. The van der Waals surface area contributed by atoms with E-state index in [1.165, 1.54) is 49.7 Å². The number of nitrogens with one attached hydrogen (secondary N) is 1. The van der Waals surface area contributed by atoms with Gasteiger partial charge in [0.2, 0.25) is 0 Å². The summed E-state index contributed by atoms with van der Waals surface area (Å²) in [7, 11) is 1.77. The maximum absolute atomic E-state index is 6.22. The second-order valence-electron chi connectivity index (χ2n) is 10.9. The molecular weight excluding hydrogens is 402 g/mol. The molecule has 0 spiro atoms. The first-order valence-electron chi connectivity index (χ1n) is 12.1. The average molecular weight is 438 g/mol. The Balaban J connectivity index is 1.35. The number of benzene rings is 2. The molecule has 0 aliphatic heterocycles. The van der Waals surface area contributed by atoms with E-state index in [9.17, 15) is 0 Å². The Morgan fingerprint density at radius 1 is 1.00 bits per heavy atom. The quantitative estimate of drug-likeness (QED) is 0.514. The van der Waals surface area contributed by atoms with Gasteiger partial charge in [-0.05, 0) is 111 Å². The summed E-state index contributed by atoms with van der Waals surface area (Å²) >= 11 is 6.22. The molecule has 0 aromatic heterocycles. The van der Waals surface area contributed by atoms with E-state index in [4.69, 9.17) is 16.3 Å². The lowest BCUT2D eigenvalue weighted by Crippen LogP contribution is -2.60. The summed E-state index contributed by atoms with van der Waals surface area (Å²) in [6.07, 6.45) is 9.31. The Labute approximate surface area is 192 Å². The van der Waals surface area contributed by atoms with E-state index in [1.54, 1.807) is 7.11 Å². The van der Waals surface area contributed by atoms with Crippen LogP contribution in [0.5, 0.6) is 5.75 Å². The molecule has 2 aromatic carbocycles. The highest BCUT2D eigenvalue weighted by molar-refractivity contribution is 6.30. The topological polar surface area (TPSA) is 21.3 Å². The molecule has 4 atom stereocenters. The molecule has 0 unspecified atom stereocenters. The SMILES string of the molecule is COc1ccccc1C[C@H](C)N[C@H](C)C12C[C@@H]3C[C@H](CC(c4ccc(Cl)cc4)(C3)C1)C2. The molecule has 0 saturated heterocycles. The summed E-state index contributed by atoms with van der Waals surface area (Å²) in [6.45, 7) is 4.79. The molecule has 0 heterocycles. The molecule has 0 radical (unpaired) electrons. The van der Waals surface area contributed by atoms with Crippen molar-refractivity contribution in [2.24, 2.45) is 17.3 Å². The van der Waals surface area contributed by atoms with Crippen LogP contribution in [-0.4, -0.2) is 19.2 Å². The third-order valence-electron chi connectivity index (χ3n) is 8.73. The van der Waals surface area contributed by atoms with Crippen LogP contribution in [0.1, 0.15) is 63.5 Å². The van der Waals surface area contributed by atoms with Gasteiger partial charge < -0.3 is 10.1 Å². The second kappa shape index (κ2) is 8.12. The molecule has 4 saturated carbocycles. The molecule has 6 rings (SSSR count). The molecule has 166 valence electrons. The zero-order chi connectivity index (χ0) is 21.6. The normalized spacial score (nSPS) is 33.3. The van der Waals surface area contributed by atoms with Gasteiger partial charge in [0, 0.05) is 17.1 Å². The van der Waals surface area contributed by atoms with Crippen LogP contribution < -0.4 is 10.1 Å². The maximum Gasteiger partial charge on any atom is 0.122 e. The monoisotopic (exact) mass is 437 g/mol. The van der Waals surface area contributed by atoms with E-state index in [1.807, 2.05) is 0 Å². The number of halogens is 1. The Hall–Kier alpha value is -1.51. The summed E-state index contributed by atoms with van der Waals surface area (Å²) in [5, 5.41) is 4.89. The van der Waals surface area contributed by atoms with Crippen LogP contribution >= 0.6 is 11.6 Å². The molecule has 3 heteroatoms. The minimum atomic E-state index is 0.358. The highest BCUT2D eigenvalue weighted by Crippen LogP contribution is 2.66. The predicted octanol–water partition coefficient (Wildman–Crippen LogP) is 6.80. The van der Waals surface area contributed by atoms with Crippen molar-refractivity contribution in [3.05, 3.63) is 64.7 Å². The molecule has 4 aliphatic carbocycles. The van der Waals surface area contributed by atoms with Crippen molar-refractivity contribution in [2.75, 3.05) is 7.11 Å². The van der Waals surface area contributed by atoms with Gasteiger partial charge in [-0.2, -0.15) is 0 Å². The third kappa shape index (κ3) is 3.91. The first-order chi connectivity index (χ1) is 14.9. The fraction of sp³-hybridized carbons (Fsp3) is 0.571. The first-order valence-corrected chi connectivity index (χ1v) is 12.4. The molecule has 4 fully saturated rings. The number of hydrogen-bond acceptors (Lipinski definition) is 2. The lowest BCUT2D eigenvalue weighted by Gasteiger charge is -2.64.